The van der Waals surface area contributed by atoms with Crippen molar-refractivity contribution in [3.8, 4) is 0 Å². The Morgan fingerprint density at radius 1 is 1.58 bits per heavy atom. The van der Waals surface area contributed by atoms with E-state index in [1.165, 1.54) is 0 Å². The number of hydrogen-bond acceptors (Lipinski definition) is 5. The monoisotopic (exact) mass is 283 g/mol. The highest BCUT2D eigenvalue weighted by Gasteiger charge is 2.22. The zero-order valence-corrected chi connectivity index (χ0v) is 12.5. The van der Waals surface area contributed by atoms with Crippen LogP contribution < -0.4 is 5.32 Å². The highest BCUT2D eigenvalue weighted by molar-refractivity contribution is 7.99. The molecule has 1 fully saturated rings. The second-order valence-corrected chi connectivity index (χ2v) is 5.92. The molecule has 0 radical (unpaired) electrons. The van der Waals surface area contributed by atoms with Crippen molar-refractivity contribution >= 4 is 17.7 Å². The van der Waals surface area contributed by atoms with E-state index in [2.05, 4.69) is 17.4 Å². The third kappa shape index (κ3) is 3.51. The van der Waals surface area contributed by atoms with E-state index in [-0.39, 0.29) is 5.91 Å². The third-order valence-corrected chi connectivity index (χ3v) is 4.42. The first kappa shape index (κ1) is 14.4. The van der Waals surface area contributed by atoms with Crippen molar-refractivity contribution in [2.45, 2.75) is 32.6 Å². The lowest BCUT2D eigenvalue weighted by Gasteiger charge is -2.33. The van der Waals surface area contributed by atoms with Gasteiger partial charge >= 0.3 is 0 Å². The Bertz CT molecular complexity index is 428. The summed E-state index contributed by atoms with van der Waals surface area (Å²) >= 11 is 1.63. The minimum absolute atomic E-state index is 0.228. The first-order chi connectivity index (χ1) is 9.09. The highest BCUT2D eigenvalue weighted by Crippen LogP contribution is 2.20. The number of carbonyl (C=O) groups excluding carboxylic acids is 1. The van der Waals surface area contributed by atoms with Gasteiger partial charge in [0.25, 0.3) is 0 Å². The Morgan fingerprint density at radius 3 is 3.00 bits per heavy atom. The van der Waals surface area contributed by atoms with Gasteiger partial charge in [-0.25, -0.2) is 0 Å². The molecule has 1 aliphatic heterocycles. The molecule has 1 N–H and O–H groups in total. The first-order valence-corrected chi connectivity index (χ1v) is 7.74. The molecule has 1 aromatic rings. The first-order valence-electron chi connectivity index (χ1n) is 6.59. The van der Waals surface area contributed by atoms with Gasteiger partial charge in [0.05, 0.1) is 11.4 Å². The molecule has 0 aromatic carbocycles. The number of aryl methyl sites for hydroxylation is 2. The molecule has 106 valence electrons. The molecule has 0 aliphatic carbocycles. The Balaban J connectivity index is 1.81. The second kappa shape index (κ2) is 6.43. The zero-order valence-electron chi connectivity index (χ0n) is 11.7. The summed E-state index contributed by atoms with van der Waals surface area (Å²) in [4.78, 5) is 14.1. The molecule has 1 aliphatic rings. The van der Waals surface area contributed by atoms with Gasteiger partial charge in [-0.2, -0.15) is 0 Å². The predicted octanol–water partition coefficient (Wildman–Crippen LogP) is 1.34. The van der Waals surface area contributed by atoms with Gasteiger partial charge in [-0.1, -0.05) is 5.16 Å². The van der Waals surface area contributed by atoms with Crippen molar-refractivity contribution in [1.29, 1.82) is 0 Å². The molecule has 0 spiro atoms. The predicted molar refractivity (Wildman–Crippen MR) is 76.2 cm³/mol. The number of thioether (sulfide) groups is 1. The van der Waals surface area contributed by atoms with Gasteiger partial charge in [-0.15, -0.1) is 11.8 Å². The number of piperazine rings is 1. The summed E-state index contributed by atoms with van der Waals surface area (Å²) in [7, 11) is 0. The lowest BCUT2D eigenvalue weighted by Crippen LogP contribution is -2.52. The summed E-state index contributed by atoms with van der Waals surface area (Å²) in [5.41, 5.74) is 2.04. The average molecular weight is 283 g/mol. The summed E-state index contributed by atoms with van der Waals surface area (Å²) in [5.74, 6) is 2.39. The molecule has 2 rings (SSSR count). The van der Waals surface area contributed by atoms with Crippen LogP contribution in [0.4, 0.5) is 0 Å². The van der Waals surface area contributed by atoms with Crippen LogP contribution >= 0.6 is 11.8 Å². The Hall–Kier alpha value is -1.01. The van der Waals surface area contributed by atoms with Crippen LogP contribution in [0, 0.1) is 13.8 Å². The van der Waals surface area contributed by atoms with Crippen molar-refractivity contribution in [1.82, 2.24) is 15.4 Å². The van der Waals surface area contributed by atoms with Crippen molar-refractivity contribution in [3.63, 3.8) is 0 Å². The van der Waals surface area contributed by atoms with E-state index in [9.17, 15) is 4.79 Å². The standard InChI is InChI=1S/C13H21N3O2S/c1-9-6-14-4-5-16(9)13(17)8-19-7-12-10(2)15-18-11(12)3/h9,14H,4-8H2,1-3H3. The van der Waals surface area contributed by atoms with Crippen molar-refractivity contribution in [2.75, 3.05) is 25.4 Å². The molecule has 1 unspecified atom stereocenters. The van der Waals surface area contributed by atoms with Gasteiger partial charge in [-0.05, 0) is 20.8 Å². The van der Waals surface area contributed by atoms with E-state index in [4.69, 9.17) is 4.52 Å². The lowest BCUT2D eigenvalue weighted by atomic mass is 10.2. The number of rotatable bonds is 4. The fraction of sp³-hybridized carbons (Fsp3) is 0.692. The number of aromatic nitrogens is 1. The molecule has 2 heterocycles. The molecule has 1 atom stereocenters. The maximum atomic E-state index is 12.1. The number of amides is 1. The SMILES string of the molecule is Cc1noc(C)c1CSCC(=O)N1CCNCC1C. The van der Waals surface area contributed by atoms with Gasteiger partial charge in [0.2, 0.25) is 5.91 Å². The lowest BCUT2D eigenvalue weighted by molar-refractivity contribution is -0.131. The molecule has 0 bridgehead atoms. The molecule has 1 amide bonds. The van der Waals surface area contributed by atoms with Crippen LogP contribution in [0.2, 0.25) is 0 Å². The smallest absolute Gasteiger partial charge is 0.232 e. The van der Waals surface area contributed by atoms with Crippen LogP contribution in [0.3, 0.4) is 0 Å². The van der Waals surface area contributed by atoms with E-state index in [1.54, 1.807) is 11.8 Å². The minimum atomic E-state index is 0.228. The Kier molecular flexibility index (Phi) is 4.87. The molecule has 5 nitrogen and oxygen atoms in total. The minimum Gasteiger partial charge on any atom is -0.361 e. The largest absolute Gasteiger partial charge is 0.361 e. The van der Waals surface area contributed by atoms with E-state index in [1.807, 2.05) is 18.7 Å². The van der Waals surface area contributed by atoms with Crippen LogP contribution in [-0.4, -0.2) is 47.4 Å². The molecular weight excluding hydrogens is 262 g/mol. The van der Waals surface area contributed by atoms with E-state index < -0.39 is 0 Å². The van der Waals surface area contributed by atoms with Crippen LogP contribution in [0.25, 0.3) is 0 Å². The van der Waals surface area contributed by atoms with Crippen LogP contribution in [-0.2, 0) is 10.5 Å². The molecular formula is C13H21N3O2S. The van der Waals surface area contributed by atoms with E-state index in [0.29, 0.717) is 11.8 Å². The van der Waals surface area contributed by atoms with Crippen LogP contribution in [0.5, 0.6) is 0 Å². The molecule has 0 saturated carbocycles. The van der Waals surface area contributed by atoms with Gasteiger partial charge in [-0.3, -0.25) is 4.79 Å². The fourth-order valence-electron chi connectivity index (χ4n) is 2.24. The number of hydrogen-bond donors (Lipinski definition) is 1. The van der Waals surface area contributed by atoms with Gasteiger partial charge in [0, 0.05) is 37.0 Å². The molecule has 19 heavy (non-hydrogen) atoms. The molecule has 1 saturated heterocycles. The Labute approximate surface area is 118 Å². The Morgan fingerprint density at radius 2 is 2.37 bits per heavy atom. The maximum Gasteiger partial charge on any atom is 0.232 e. The van der Waals surface area contributed by atoms with Gasteiger partial charge in [0.1, 0.15) is 5.76 Å². The average Bonchev–Trinajstić information content (AvgIpc) is 2.70. The summed E-state index contributed by atoms with van der Waals surface area (Å²) in [6.45, 7) is 8.53. The number of nitrogens with one attached hydrogen (secondary N) is 1. The fourth-order valence-corrected chi connectivity index (χ4v) is 3.30. The summed E-state index contributed by atoms with van der Waals surface area (Å²) in [6.07, 6.45) is 0. The van der Waals surface area contributed by atoms with Crippen molar-refractivity contribution < 1.29 is 9.32 Å². The maximum absolute atomic E-state index is 12.1. The van der Waals surface area contributed by atoms with Crippen molar-refractivity contribution in [2.24, 2.45) is 0 Å². The summed E-state index contributed by atoms with van der Waals surface area (Å²) < 4.78 is 5.12. The van der Waals surface area contributed by atoms with Gasteiger partial charge < -0.3 is 14.7 Å². The molecule has 6 heteroatoms. The summed E-state index contributed by atoms with van der Waals surface area (Å²) in [5, 5.41) is 7.22. The van der Waals surface area contributed by atoms with Gasteiger partial charge in [0.15, 0.2) is 0 Å². The third-order valence-electron chi connectivity index (χ3n) is 3.47. The number of nitrogens with zero attached hydrogens (tertiary/aromatic N) is 2. The normalized spacial score (nSPS) is 19.7. The summed E-state index contributed by atoms with van der Waals surface area (Å²) in [6, 6.07) is 0.293. The quantitative estimate of drug-likeness (QED) is 0.904. The van der Waals surface area contributed by atoms with Crippen LogP contribution in [0.15, 0.2) is 4.52 Å². The highest BCUT2D eigenvalue weighted by atomic mass is 32.2. The van der Waals surface area contributed by atoms with E-state index in [0.717, 1.165) is 42.4 Å². The van der Waals surface area contributed by atoms with Crippen molar-refractivity contribution in [3.05, 3.63) is 17.0 Å². The number of carbonyl (C=O) groups is 1. The molecule has 1 aromatic heterocycles. The second-order valence-electron chi connectivity index (χ2n) is 4.94. The zero-order chi connectivity index (χ0) is 13.8. The van der Waals surface area contributed by atoms with E-state index >= 15 is 0 Å². The topological polar surface area (TPSA) is 58.4 Å². The van der Waals surface area contributed by atoms with Crippen LogP contribution in [0.1, 0.15) is 23.9 Å².